The van der Waals surface area contributed by atoms with E-state index >= 15 is 0 Å². The number of aromatic nitrogens is 5. The molecule has 1 aromatic carbocycles. The Balaban J connectivity index is 2.16. The van der Waals surface area contributed by atoms with Gasteiger partial charge in [0.25, 0.3) is 0 Å². The number of halogens is 1. The van der Waals surface area contributed by atoms with Crippen LogP contribution in [0.15, 0.2) is 30.3 Å². The highest BCUT2D eigenvalue weighted by Crippen LogP contribution is 2.29. The van der Waals surface area contributed by atoms with Crippen LogP contribution in [-0.2, 0) is 0 Å². The summed E-state index contributed by atoms with van der Waals surface area (Å²) < 4.78 is 7.15. The molecule has 0 aliphatic carbocycles. The molecule has 7 heteroatoms. The third kappa shape index (κ3) is 2.18. The number of hydrogen-bond acceptors (Lipinski definition) is 5. The molecule has 4 rings (SSSR count). The van der Waals surface area contributed by atoms with E-state index in [1.807, 2.05) is 42.5 Å². The zero-order chi connectivity index (χ0) is 16.8. The number of ether oxygens (including phenoxy) is 1. The van der Waals surface area contributed by atoms with Gasteiger partial charge in [-0.05, 0) is 37.6 Å². The number of pyridine rings is 1. The second kappa shape index (κ2) is 5.42. The topological polar surface area (TPSA) is 65.2 Å². The van der Waals surface area contributed by atoms with Gasteiger partial charge in [0.05, 0.1) is 12.8 Å². The molecule has 120 valence electrons. The lowest BCUT2D eigenvalue weighted by molar-refractivity contribution is 0.399. The highest BCUT2D eigenvalue weighted by Gasteiger charge is 2.17. The van der Waals surface area contributed by atoms with Gasteiger partial charge in [0.1, 0.15) is 11.3 Å². The first-order valence-corrected chi connectivity index (χ1v) is 7.79. The second-order valence-corrected chi connectivity index (χ2v) is 5.97. The Bertz CT molecular complexity index is 1090. The molecule has 0 spiro atoms. The van der Waals surface area contributed by atoms with Crippen LogP contribution in [-0.4, -0.2) is 31.7 Å². The molecular formula is C17H14ClN5O. The van der Waals surface area contributed by atoms with E-state index in [1.165, 1.54) is 0 Å². The first-order valence-electron chi connectivity index (χ1n) is 7.41. The van der Waals surface area contributed by atoms with Crippen LogP contribution in [0.3, 0.4) is 0 Å². The van der Waals surface area contributed by atoms with Gasteiger partial charge in [0.15, 0.2) is 11.3 Å². The third-order valence-corrected chi connectivity index (χ3v) is 4.20. The summed E-state index contributed by atoms with van der Waals surface area (Å²) in [6.45, 7) is 3.92. The van der Waals surface area contributed by atoms with Gasteiger partial charge in [0, 0.05) is 16.7 Å². The summed E-state index contributed by atoms with van der Waals surface area (Å²) in [5.41, 5.74) is 4.76. The van der Waals surface area contributed by atoms with Gasteiger partial charge in [-0.1, -0.05) is 17.7 Å². The van der Waals surface area contributed by atoms with Crippen LogP contribution in [0.1, 0.15) is 11.3 Å². The zero-order valence-electron chi connectivity index (χ0n) is 13.4. The number of hydrogen-bond donors (Lipinski definition) is 0. The monoisotopic (exact) mass is 339 g/mol. The highest BCUT2D eigenvalue weighted by atomic mass is 35.5. The van der Waals surface area contributed by atoms with Crippen LogP contribution in [0.4, 0.5) is 0 Å². The Morgan fingerprint density at radius 2 is 1.83 bits per heavy atom. The molecule has 0 atom stereocenters. The van der Waals surface area contributed by atoms with Crippen molar-refractivity contribution in [2.24, 2.45) is 0 Å². The molecule has 0 aliphatic rings. The van der Waals surface area contributed by atoms with E-state index in [-0.39, 0.29) is 0 Å². The summed E-state index contributed by atoms with van der Waals surface area (Å²) in [4.78, 5) is 9.23. The van der Waals surface area contributed by atoms with E-state index in [0.717, 1.165) is 22.6 Å². The molecule has 4 aromatic rings. The number of rotatable bonds is 2. The molecule has 6 nitrogen and oxygen atoms in total. The molecule has 0 saturated carbocycles. The molecule has 0 N–H and O–H groups in total. The quantitative estimate of drug-likeness (QED) is 0.558. The lowest BCUT2D eigenvalue weighted by Crippen LogP contribution is -2.01. The van der Waals surface area contributed by atoms with Crippen LogP contribution >= 0.6 is 11.6 Å². The normalized spacial score (nSPS) is 11.3. The molecule has 3 heterocycles. The minimum Gasteiger partial charge on any atom is -0.481 e. The van der Waals surface area contributed by atoms with Gasteiger partial charge < -0.3 is 4.74 Å². The van der Waals surface area contributed by atoms with Crippen molar-refractivity contribution in [3.8, 4) is 17.3 Å². The Labute approximate surface area is 143 Å². The smallest absolute Gasteiger partial charge is 0.215 e. The van der Waals surface area contributed by atoms with Crippen molar-refractivity contribution in [2.75, 3.05) is 7.11 Å². The largest absolute Gasteiger partial charge is 0.481 e. The predicted octanol–water partition coefficient (Wildman–Crippen LogP) is 3.62. The molecule has 0 saturated heterocycles. The highest BCUT2D eigenvalue weighted by molar-refractivity contribution is 6.30. The van der Waals surface area contributed by atoms with Gasteiger partial charge in [-0.2, -0.15) is 4.98 Å². The van der Waals surface area contributed by atoms with Crippen molar-refractivity contribution < 1.29 is 4.74 Å². The number of aryl methyl sites for hydroxylation is 2. The van der Waals surface area contributed by atoms with Gasteiger partial charge in [-0.3, -0.25) is 4.40 Å². The van der Waals surface area contributed by atoms with Crippen molar-refractivity contribution >= 4 is 28.4 Å². The molecular weight excluding hydrogens is 326 g/mol. The van der Waals surface area contributed by atoms with Gasteiger partial charge in [-0.25, -0.2) is 4.98 Å². The fourth-order valence-electron chi connectivity index (χ4n) is 2.74. The lowest BCUT2D eigenvalue weighted by Gasteiger charge is -2.08. The fraction of sp³-hybridized carbons (Fsp3) is 0.176. The summed E-state index contributed by atoms with van der Waals surface area (Å²) in [6.07, 6.45) is 0. The van der Waals surface area contributed by atoms with Crippen molar-refractivity contribution in [2.45, 2.75) is 13.8 Å². The maximum atomic E-state index is 6.19. The average Bonchev–Trinajstić information content (AvgIpc) is 2.93. The Morgan fingerprint density at radius 1 is 1.00 bits per heavy atom. The molecule has 0 fully saturated rings. The molecule has 0 amide bonds. The minimum absolute atomic E-state index is 0.511. The molecule has 0 bridgehead atoms. The summed E-state index contributed by atoms with van der Waals surface area (Å²) in [6, 6.07) is 9.33. The predicted molar refractivity (Wildman–Crippen MR) is 92.6 cm³/mol. The first kappa shape index (κ1) is 14.8. The number of imidazole rings is 1. The third-order valence-electron chi connectivity index (χ3n) is 3.96. The SMILES string of the molecule is COc1ccc2nnc3c(C)nc(-c4cc(Cl)ccc4C)n3c2n1. The van der Waals surface area contributed by atoms with Crippen LogP contribution in [0.25, 0.3) is 28.2 Å². The van der Waals surface area contributed by atoms with Crippen LogP contribution in [0.5, 0.6) is 5.88 Å². The minimum atomic E-state index is 0.511. The Hall–Kier alpha value is -2.73. The summed E-state index contributed by atoms with van der Waals surface area (Å²) in [5, 5.41) is 9.19. The standard InChI is InChI=1S/C17H14ClN5O/c1-9-4-5-11(18)8-12(9)16-19-10(2)15-22-21-13-6-7-14(24-3)20-17(13)23(15)16/h4-8H,1-3H3. The van der Waals surface area contributed by atoms with Crippen LogP contribution in [0.2, 0.25) is 5.02 Å². The van der Waals surface area contributed by atoms with Crippen molar-refractivity contribution in [3.63, 3.8) is 0 Å². The van der Waals surface area contributed by atoms with Crippen molar-refractivity contribution in [3.05, 3.63) is 46.6 Å². The number of fused-ring (bicyclic) bond motifs is 3. The second-order valence-electron chi connectivity index (χ2n) is 5.54. The Kier molecular flexibility index (Phi) is 3.35. The van der Waals surface area contributed by atoms with Gasteiger partial charge >= 0.3 is 0 Å². The average molecular weight is 340 g/mol. The van der Waals surface area contributed by atoms with E-state index in [1.54, 1.807) is 13.2 Å². The van der Waals surface area contributed by atoms with Crippen LogP contribution < -0.4 is 4.74 Å². The van der Waals surface area contributed by atoms with E-state index in [0.29, 0.717) is 27.7 Å². The van der Waals surface area contributed by atoms with Crippen molar-refractivity contribution in [1.82, 2.24) is 24.6 Å². The summed E-state index contributed by atoms with van der Waals surface area (Å²) in [7, 11) is 1.58. The molecule has 3 aromatic heterocycles. The lowest BCUT2D eigenvalue weighted by atomic mass is 10.1. The number of benzene rings is 1. The molecule has 24 heavy (non-hydrogen) atoms. The summed E-state index contributed by atoms with van der Waals surface area (Å²) >= 11 is 6.19. The zero-order valence-corrected chi connectivity index (χ0v) is 14.2. The van der Waals surface area contributed by atoms with E-state index in [2.05, 4.69) is 20.2 Å². The van der Waals surface area contributed by atoms with E-state index < -0.39 is 0 Å². The van der Waals surface area contributed by atoms with Crippen LogP contribution in [0, 0.1) is 13.8 Å². The summed E-state index contributed by atoms with van der Waals surface area (Å²) in [5.74, 6) is 1.25. The maximum Gasteiger partial charge on any atom is 0.215 e. The maximum absolute atomic E-state index is 6.19. The number of methoxy groups -OCH3 is 1. The van der Waals surface area contributed by atoms with Crippen molar-refractivity contribution in [1.29, 1.82) is 0 Å². The number of nitrogens with zero attached hydrogens (tertiary/aromatic N) is 5. The van der Waals surface area contributed by atoms with E-state index in [9.17, 15) is 0 Å². The molecule has 0 aliphatic heterocycles. The van der Waals surface area contributed by atoms with Gasteiger partial charge in [0.2, 0.25) is 5.88 Å². The fourth-order valence-corrected chi connectivity index (χ4v) is 2.91. The van der Waals surface area contributed by atoms with Gasteiger partial charge in [-0.15, -0.1) is 10.2 Å². The first-order chi connectivity index (χ1) is 11.6. The molecule has 0 unspecified atom stereocenters. The molecule has 0 radical (unpaired) electrons. The Morgan fingerprint density at radius 3 is 2.62 bits per heavy atom. The van der Waals surface area contributed by atoms with E-state index in [4.69, 9.17) is 16.3 Å².